The zero-order valence-corrected chi connectivity index (χ0v) is 15.5. The van der Waals surface area contributed by atoms with Gasteiger partial charge in [-0.25, -0.2) is 5.43 Å². The minimum Gasteiger partial charge on any atom is -0.478 e. The summed E-state index contributed by atoms with van der Waals surface area (Å²) in [6, 6.07) is 12.7. The van der Waals surface area contributed by atoms with Crippen molar-refractivity contribution in [1.29, 1.82) is 0 Å². The van der Waals surface area contributed by atoms with E-state index in [1.807, 2.05) is 0 Å². The first-order chi connectivity index (χ1) is 12.8. The summed E-state index contributed by atoms with van der Waals surface area (Å²) in [5.74, 6) is 0.0963. The number of hydrogen-bond acceptors (Lipinski definition) is 5. The van der Waals surface area contributed by atoms with Crippen LogP contribution in [-0.4, -0.2) is 22.6 Å². The number of hydrazone groups is 1. The number of benzene rings is 2. The number of carbonyl (C=O) groups excluding carboxylic acids is 1. The Morgan fingerprint density at radius 3 is 2.41 bits per heavy atom. The summed E-state index contributed by atoms with van der Waals surface area (Å²) in [5, 5.41) is 15.0. The van der Waals surface area contributed by atoms with Crippen molar-refractivity contribution in [2.75, 3.05) is 0 Å². The van der Waals surface area contributed by atoms with Gasteiger partial charge in [0.15, 0.2) is 5.60 Å². The topological polar surface area (TPSA) is 93.8 Å². The minimum atomic E-state index is -1.13. The standard InChI is InChI=1S/C19H18ClN3O4/c1-19(2,27-17-11-7-15(20)8-12-17)18(24)22-21-13-3-4-14-5-9-16(10-6-14)23(25)26/h3-13H,1-2H3,(H,22,24)/b4-3+,21-13-. The number of nitrogens with zero attached hydrogens (tertiary/aromatic N) is 2. The molecule has 0 aliphatic carbocycles. The van der Waals surface area contributed by atoms with Crippen molar-refractivity contribution in [3.63, 3.8) is 0 Å². The van der Waals surface area contributed by atoms with E-state index in [1.165, 1.54) is 18.3 Å². The van der Waals surface area contributed by atoms with E-state index in [2.05, 4.69) is 10.5 Å². The van der Waals surface area contributed by atoms with Crippen molar-refractivity contribution in [2.45, 2.75) is 19.4 Å². The average molecular weight is 388 g/mol. The van der Waals surface area contributed by atoms with Crippen LogP contribution in [0.25, 0.3) is 6.08 Å². The maximum absolute atomic E-state index is 12.2. The molecule has 0 aliphatic rings. The molecule has 0 spiro atoms. The molecular weight excluding hydrogens is 370 g/mol. The van der Waals surface area contributed by atoms with Gasteiger partial charge in [0, 0.05) is 23.4 Å². The smallest absolute Gasteiger partial charge is 0.283 e. The number of nitrogens with one attached hydrogen (secondary N) is 1. The van der Waals surface area contributed by atoms with Gasteiger partial charge in [0.05, 0.1) is 4.92 Å². The fourth-order valence-corrected chi connectivity index (χ4v) is 2.10. The van der Waals surface area contributed by atoms with Gasteiger partial charge in [-0.2, -0.15) is 5.10 Å². The van der Waals surface area contributed by atoms with Gasteiger partial charge in [-0.3, -0.25) is 14.9 Å². The van der Waals surface area contributed by atoms with E-state index in [9.17, 15) is 14.9 Å². The summed E-state index contributed by atoms with van der Waals surface area (Å²) in [6.45, 7) is 3.25. The molecule has 2 rings (SSSR count). The van der Waals surface area contributed by atoms with E-state index in [1.54, 1.807) is 62.4 Å². The predicted octanol–water partition coefficient (Wildman–Crippen LogP) is 4.22. The Bertz CT molecular complexity index is 860. The first-order valence-corrected chi connectivity index (χ1v) is 8.35. The van der Waals surface area contributed by atoms with Gasteiger partial charge in [0.2, 0.25) is 0 Å². The lowest BCUT2D eigenvalue weighted by atomic mass is 10.1. The van der Waals surface area contributed by atoms with Crippen molar-refractivity contribution in [3.8, 4) is 5.75 Å². The molecule has 0 fully saturated rings. The van der Waals surface area contributed by atoms with E-state index in [0.29, 0.717) is 10.8 Å². The molecule has 2 aromatic carbocycles. The first-order valence-electron chi connectivity index (χ1n) is 7.97. The number of amides is 1. The highest BCUT2D eigenvalue weighted by Crippen LogP contribution is 2.21. The average Bonchev–Trinajstić information content (AvgIpc) is 2.63. The van der Waals surface area contributed by atoms with E-state index in [-0.39, 0.29) is 5.69 Å². The van der Waals surface area contributed by atoms with Crippen LogP contribution in [0.15, 0.2) is 59.7 Å². The van der Waals surface area contributed by atoms with Crippen molar-refractivity contribution in [3.05, 3.63) is 75.3 Å². The summed E-state index contributed by atoms with van der Waals surface area (Å²) >= 11 is 5.82. The molecule has 0 aromatic heterocycles. The zero-order chi connectivity index (χ0) is 19.9. The van der Waals surface area contributed by atoms with Crippen LogP contribution in [0.2, 0.25) is 5.02 Å². The number of ether oxygens (including phenoxy) is 1. The van der Waals surface area contributed by atoms with Crippen LogP contribution >= 0.6 is 11.6 Å². The molecule has 7 nitrogen and oxygen atoms in total. The Labute approximate surface area is 161 Å². The Morgan fingerprint density at radius 2 is 1.81 bits per heavy atom. The maximum atomic E-state index is 12.2. The minimum absolute atomic E-state index is 0.0241. The van der Waals surface area contributed by atoms with Crippen LogP contribution in [0.1, 0.15) is 19.4 Å². The number of rotatable bonds is 7. The summed E-state index contributed by atoms with van der Waals surface area (Å²) in [5.41, 5.74) is 2.06. The Balaban J connectivity index is 1.87. The Hall–Kier alpha value is -3.19. The molecular formula is C19H18ClN3O4. The van der Waals surface area contributed by atoms with Crippen LogP contribution in [0.4, 0.5) is 5.69 Å². The normalized spacial score (nSPS) is 11.7. The van der Waals surface area contributed by atoms with Crippen molar-refractivity contribution in [2.24, 2.45) is 5.10 Å². The molecule has 1 amide bonds. The lowest BCUT2D eigenvalue weighted by Gasteiger charge is -2.24. The first kappa shape index (κ1) is 20.1. The van der Waals surface area contributed by atoms with Crippen LogP contribution in [-0.2, 0) is 4.79 Å². The monoisotopic (exact) mass is 387 g/mol. The van der Waals surface area contributed by atoms with Gasteiger partial charge in [-0.05, 0) is 61.9 Å². The quantitative estimate of drug-likeness (QED) is 0.437. The number of non-ortho nitro benzene ring substituents is 1. The molecule has 0 bridgehead atoms. The van der Waals surface area contributed by atoms with Gasteiger partial charge in [0.25, 0.3) is 11.6 Å². The summed E-state index contributed by atoms with van der Waals surface area (Å²) in [7, 11) is 0. The van der Waals surface area contributed by atoms with E-state index < -0.39 is 16.4 Å². The van der Waals surface area contributed by atoms with Crippen molar-refractivity contribution < 1.29 is 14.5 Å². The molecule has 1 N–H and O–H groups in total. The van der Waals surface area contributed by atoms with Crippen LogP contribution in [0.3, 0.4) is 0 Å². The fourth-order valence-electron chi connectivity index (χ4n) is 1.98. The van der Waals surface area contributed by atoms with Crippen molar-refractivity contribution in [1.82, 2.24) is 5.43 Å². The highest BCUT2D eigenvalue weighted by Gasteiger charge is 2.29. The van der Waals surface area contributed by atoms with Crippen LogP contribution in [0, 0.1) is 10.1 Å². The number of hydrogen-bond donors (Lipinski definition) is 1. The van der Waals surface area contributed by atoms with Gasteiger partial charge in [0.1, 0.15) is 5.75 Å². The van der Waals surface area contributed by atoms with E-state index >= 15 is 0 Å². The predicted molar refractivity (Wildman–Crippen MR) is 105 cm³/mol. The maximum Gasteiger partial charge on any atom is 0.283 e. The highest BCUT2D eigenvalue weighted by atomic mass is 35.5. The Morgan fingerprint density at radius 1 is 1.19 bits per heavy atom. The number of halogens is 1. The lowest BCUT2D eigenvalue weighted by molar-refractivity contribution is -0.384. The highest BCUT2D eigenvalue weighted by molar-refractivity contribution is 6.30. The van der Waals surface area contributed by atoms with E-state index in [0.717, 1.165) is 5.56 Å². The third-order valence-electron chi connectivity index (χ3n) is 3.45. The molecule has 2 aromatic rings. The molecule has 0 unspecified atom stereocenters. The molecule has 0 saturated heterocycles. The third kappa shape index (κ3) is 6.23. The molecule has 0 radical (unpaired) electrons. The molecule has 0 heterocycles. The third-order valence-corrected chi connectivity index (χ3v) is 3.70. The van der Waals surface area contributed by atoms with Crippen molar-refractivity contribution >= 4 is 35.5 Å². The summed E-state index contributed by atoms with van der Waals surface area (Å²) < 4.78 is 5.66. The van der Waals surface area contributed by atoms with Gasteiger partial charge < -0.3 is 4.74 Å². The second kappa shape index (κ2) is 8.95. The van der Waals surface area contributed by atoms with Gasteiger partial charge >= 0.3 is 0 Å². The van der Waals surface area contributed by atoms with Crippen LogP contribution in [0.5, 0.6) is 5.75 Å². The zero-order valence-electron chi connectivity index (χ0n) is 14.8. The summed E-state index contributed by atoms with van der Waals surface area (Å²) in [6.07, 6.45) is 4.71. The number of allylic oxidation sites excluding steroid dienone is 1. The molecule has 0 saturated carbocycles. The van der Waals surface area contributed by atoms with Gasteiger partial charge in [-0.15, -0.1) is 0 Å². The number of nitro benzene ring substituents is 1. The largest absolute Gasteiger partial charge is 0.478 e. The molecule has 0 aliphatic heterocycles. The van der Waals surface area contributed by atoms with Gasteiger partial charge in [-0.1, -0.05) is 17.7 Å². The molecule has 140 valence electrons. The fraction of sp³-hybridized carbons (Fsp3) is 0.158. The lowest BCUT2D eigenvalue weighted by Crippen LogP contribution is -2.44. The number of carbonyl (C=O) groups is 1. The second-order valence-corrected chi connectivity index (χ2v) is 6.43. The molecule has 27 heavy (non-hydrogen) atoms. The molecule has 8 heteroatoms. The molecule has 0 atom stereocenters. The summed E-state index contributed by atoms with van der Waals surface area (Å²) in [4.78, 5) is 22.3. The van der Waals surface area contributed by atoms with Crippen LogP contribution < -0.4 is 10.2 Å². The number of nitro groups is 1. The second-order valence-electron chi connectivity index (χ2n) is 5.99. The SMILES string of the molecule is CC(C)(Oc1ccc(Cl)cc1)C(=O)N/N=C\C=C\c1ccc([N+](=O)[O-])cc1. The van der Waals surface area contributed by atoms with E-state index in [4.69, 9.17) is 16.3 Å². The Kier molecular flexibility index (Phi) is 6.67.